The third-order valence-corrected chi connectivity index (χ3v) is 4.53. The molecule has 0 radical (unpaired) electrons. The first-order valence-corrected chi connectivity index (χ1v) is 9.51. The lowest BCUT2D eigenvalue weighted by Crippen LogP contribution is -2.52. The summed E-state index contributed by atoms with van der Waals surface area (Å²) in [6.07, 6.45) is 0.0279. The summed E-state index contributed by atoms with van der Waals surface area (Å²) in [5, 5.41) is 4.89. The van der Waals surface area contributed by atoms with Gasteiger partial charge in [0.2, 0.25) is 11.8 Å². The van der Waals surface area contributed by atoms with E-state index in [-0.39, 0.29) is 37.9 Å². The number of hydrogen-bond acceptors (Lipinski definition) is 6. The molecule has 1 aromatic rings. The maximum absolute atomic E-state index is 12.6. The highest BCUT2D eigenvalue weighted by molar-refractivity contribution is 6.05. The quantitative estimate of drug-likeness (QED) is 0.567. The van der Waals surface area contributed by atoms with Crippen LogP contribution in [0.3, 0.4) is 0 Å². The highest BCUT2D eigenvalue weighted by atomic mass is 16.6. The maximum Gasteiger partial charge on any atom is 0.407 e. The van der Waals surface area contributed by atoms with E-state index in [1.807, 2.05) is 0 Å². The van der Waals surface area contributed by atoms with Crippen LogP contribution in [0.15, 0.2) is 18.2 Å². The average Bonchev–Trinajstić information content (AvgIpc) is 2.93. The zero-order valence-corrected chi connectivity index (χ0v) is 16.7. The van der Waals surface area contributed by atoms with Crippen LogP contribution in [-0.2, 0) is 20.9 Å². The van der Waals surface area contributed by atoms with E-state index >= 15 is 0 Å². The van der Waals surface area contributed by atoms with Gasteiger partial charge in [0.1, 0.15) is 24.0 Å². The highest BCUT2D eigenvalue weighted by Gasteiger charge is 2.39. The minimum absolute atomic E-state index is 0.218. The molecule has 2 heterocycles. The number of carbonyl (C=O) groups excluding carboxylic acids is 4. The number of hydrogen-bond donors (Lipinski definition) is 2. The summed E-state index contributed by atoms with van der Waals surface area (Å²) in [5.41, 5.74) is 0.720. The molecule has 1 atom stereocenters. The molecule has 9 heteroatoms. The van der Waals surface area contributed by atoms with Gasteiger partial charge in [0.05, 0.1) is 6.54 Å². The van der Waals surface area contributed by atoms with Crippen molar-refractivity contribution in [1.29, 1.82) is 0 Å². The molecule has 9 nitrogen and oxygen atoms in total. The Hall–Kier alpha value is -3.10. The Bertz CT molecular complexity index is 845. The third-order valence-electron chi connectivity index (χ3n) is 4.53. The standard InChI is InChI=1S/C20H25N3O6/c1-20(2,3)29-19(27)21-8-9-28-13-4-5-14-12(10-13)11-23(18(14)26)15-6-7-16(24)22-17(15)25/h4-5,10,15H,6-9,11H2,1-3H3,(H,21,27)(H,22,24,25). The lowest BCUT2D eigenvalue weighted by atomic mass is 10.0. The van der Waals surface area contributed by atoms with Crippen LogP contribution in [-0.4, -0.2) is 53.5 Å². The number of rotatable bonds is 5. The Kier molecular flexibility index (Phi) is 5.76. The van der Waals surface area contributed by atoms with E-state index in [1.165, 1.54) is 4.90 Å². The van der Waals surface area contributed by atoms with Crippen LogP contribution in [0, 0.1) is 0 Å². The second kappa shape index (κ2) is 8.10. The van der Waals surface area contributed by atoms with Crippen LogP contribution in [0.1, 0.15) is 49.5 Å². The lowest BCUT2D eigenvalue weighted by Gasteiger charge is -2.29. The summed E-state index contributed by atoms with van der Waals surface area (Å²) < 4.78 is 10.8. The normalized spacial score (nSPS) is 18.9. The first-order chi connectivity index (χ1) is 13.6. The highest BCUT2D eigenvalue weighted by Crippen LogP contribution is 2.30. The van der Waals surface area contributed by atoms with Crippen molar-refractivity contribution in [1.82, 2.24) is 15.5 Å². The lowest BCUT2D eigenvalue weighted by molar-refractivity contribution is -0.136. The van der Waals surface area contributed by atoms with Gasteiger partial charge in [0.25, 0.3) is 5.91 Å². The number of carbonyl (C=O) groups is 4. The van der Waals surface area contributed by atoms with E-state index in [1.54, 1.807) is 39.0 Å². The molecule has 1 fully saturated rings. The monoisotopic (exact) mass is 403 g/mol. The smallest absolute Gasteiger partial charge is 0.407 e. The minimum atomic E-state index is -0.644. The van der Waals surface area contributed by atoms with Crippen molar-refractivity contribution in [3.8, 4) is 5.75 Å². The van der Waals surface area contributed by atoms with Crippen LogP contribution in [0.2, 0.25) is 0 Å². The molecular weight excluding hydrogens is 378 g/mol. The Morgan fingerprint density at radius 3 is 2.72 bits per heavy atom. The molecule has 0 spiro atoms. The number of alkyl carbamates (subject to hydrolysis) is 1. The fourth-order valence-corrected chi connectivity index (χ4v) is 3.28. The number of nitrogens with zero attached hydrogens (tertiary/aromatic N) is 1. The average molecular weight is 403 g/mol. The number of piperidine rings is 1. The fraction of sp³-hybridized carbons (Fsp3) is 0.500. The van der Waals surface area contributed by atoms with E-state index < -0.39 is 23.6 Å². The minimum Gasteiger partial charge on any atom is -0.492 e. The molecule has 1 unspecified atom stereocenters. The Balaban J connectivity index is 1.54. The summed E-state index contributed by atoms with van der Waals surface area (Å²) in [4.78, 5) is 49.1. The van der Waals surface area contributed by atoms with Crippen molar-refractivity contribution in [2.24, 2.45) is 0 Å². The molecule has 2 N–H and O–H groups in total. The SMILES string of the molecule is CC(C)(C)OC(=O)NCCOc1ccc2c(c1)CN(C1CCC(=O)NC1=O)C2=O. The molecule has 29 heavy (non-hydrogen) atoms. The van der Waals surface area contributed by atoms with Gasteiger partial charge in [-0.05, 0) is 51.0 Å². The summed E-state index contributed by atoms with van der Waals surface area (Å²) >= 11 is 0. The molecular formula is C20H25N3O6. The third kappa shape index (κ3) is 5.04. The molecule has 2 aliphatic heterocycles. The van der Waals surface area contributed by atoms with E-state index in [9.17, 15) is 19.2 Å². The maximum atomic E-state index is 12.6. The number of ether oxygens (including phenoxy) is 2. The molecule has 4 amide bonds. The summed E-state index contributed by atoms with van der Waals surface area (Å²) in [6, 6.07) is 4.46. The van der Waals surface area contributed by atoms with Gasteiger partial charge in [-0.1, -0.05) is 0 Å². The van der Waals surface area contributed by atoms with Crippen molar-refractivity contribution in [3.05, 3.63) is 29.3 Å². The van der Waals surface area contributed by atoms with Crippen molar-refractivity contribution < 1.29 is 28.7 Å². The van der Waals surface area contributed by atoms with Crippen molar-refractivity contribution in [3.63, 3.8) is 0 Å². The van der Waals surface area contributed by atoms with Crippen LogP contribution in [0.4, 0.5) is 4.79 Å². The first kappa shape index (κ1) is 20.6. The largest absolute Gasteiger partial charge is 0.492 e. The molecule has 0 saturated carbocycles. The van der Waals surface area contributed by atoms with E-state index in [4.69, 9.17) is 9.47 Å². The number of amides is 4. The molecule has 156 valence electrons. The van der Waals surface area contributed by atoms with Gasteiger partial charge in [-0.2, -0.15) is 0 Å². The summed E-state index contributed by atoms with van der Waals surface area (Å²) in [6.45, 7) is 6.15. The van der Waals surface area contributed by atoms with Crippen molar-refractivity contribution in [2.45, 2.75) is 51.8 Å². The summed E-state index contributed by atoms with van der Waals surface area (Å²) in [5.74, 6) is -0.418. The molecule has 1 aromatic carbocycles. The van der Waals surface area contributed by atoms with E-state index in [2.05, 4.69) is 10.6 Å². The zero-order valence-electron chi connectivity index (χ0n) is 16.7. The molecule has 2 aliphatic rings. The van der Waals surface area contributed by atoms with Gasteiger partial charge in [0.15, 0.2) is 0 Å². The number of nitrogens with one attached hydrogen (secondary N) is 2. The van der Waals surface area contributed by atoms with Gasteiger partial charge in [0, 0.05) is 18.5 Å². The predicted molar refractivity (Wildman–Crippen MR) is 102 cm³/mol. The van der Waals surface area contributed by atoms with Crippen LogP contribution in [0.25, 0.3) is 0 Å². The molecule has 3 rings (SSSR count). The van der Waals surface area contributed by atoms with Gasteiger partial charge in [-0.15, -0.1) is 0 Å². The van der Waals surface area contributed by atoms with Crippen LogP contribution in [0.5, 0.6) is 5.75 Å². The van der Waals surface area contributed by atoms with Crippen molar-refractivity contribution in [2.75, 3.05) is 13.2 Å². The topological polar surface area (TPSA) is 114 Å². The van der Waals surface area contributed by atoms with Gasteiger partial charge >= 0.3 is 6.09 Å². The summed E-state index contributed by atoms with van der Waals surface area (Å²) in [7, 11) is 0. The molecule has 0 bridgehead atoms. The Labute approximate surface area is 168 Å². The number of imide groups is 1. The number of fused-ring (bicyclic) bond motifs is 1. The Morgan fingerprint density at radius 2 is 2.03 bits per heavy atom. The second-order valence-corrected chi connectivity index (χ2v) is 8.00. The molecule has 1 saturated heterocycles. The fourth-order valence-electron chi connectivity index (χ4n) is 3.28. The van der Waals surface area contributed by atoms with Crippen LogP contribution >= 0.6 is 0 Å². The van der Waals surface area contributed by atoms with Crippen molar-refractivity contribution >= 4 is 23.8 Å². The zero-order chi connectivity index (χ0) is 21.2. The molecule has 0 aliphatic carbocycles. The van der Waals surface area contributed by atoms with Gasteiger partial charge in [-0.25, -0.2) is 4.79 Å². The van der Waals surface area contributed by atoms with Crippen LogP contribution < -0.4 is 15.4 Å². The Morgan fingerprint density at radius 1 is 1.28 bits per heavy atom. The predicted octanol–water partition coefficient (Wildman–Crippen LogP) is 1.35. The second-order valence-electron chi connectivity index (χ2n) is 8.00. The van der Waals surface area contributed by atoms with E-state index in [0.717, 1.165) is 5.56 Å². The van der Waals surface area contributed by atoms with Gasteiger partial charge < -0.3 is 19.7 Å². The molecule has 0 aromatic heterocycles. The van der Waals surface area contributed by atoms with E-state index in [0.29, 0.717) is 17.7 Å². The first-order valence-electron chi connectivity index (χ1n) is 9.51. The number of benzene rings is 1. The van der Waals surface area contributed by atoms with Gasteiger partial charge in [-0.3, -0.25) is 19.7 Å².